The minimum absolute atomic E-state index is 0.0679. The Bertz CT molecular complexity index is 1130. The van der Waals surface area contributed by atoms with E-state index in [0.717, 1.165) is 12.0 Å². The summed E-state index contributed by atoms with van der Waals surface area (Å²) < 4.78 is 5.82. The smallest absolute Gasteiger partial charge is 0.261 e. The zero-order chi connectivity index (χ0) is 26.1. The van der Waals surface area contributed by atoms with Crippen molar-refractivity contribution in [2.24, 2.45) is 0 Å². The average molecular weight is 527 g/mol. The number of benzene rings is 3. The van der Waals surface area contributed by atoms with Crippen LogP contribution in [0.25, 0.3) is 0 Å². The molecule has 1 N–H and O–H groups in total. The highest BCUT2D eigenvalue weighted by Crippen LogP contribution is 2.27. The van der Waals surface area contributed by atoms with Crippen LogP contribution >= 0.6 is 23.2 Å². The van der Waals surface area contributed by atoms with Gasteiger partial charge >= 0.3 is 0 Å². The zero-order valence-corrected chi connectivity index (χ0v) is 22.4. The second-order valence-electron chi connectivity index (χ2n) is 8.88. The van der Waals surface area contributed by atoms with Gasteiger partial charge in [-0.3, -0.25) is 9.59 Å². The highest BCUT2D eigenvalue weighted by molar-refractivity contribution is 6.36. The van der Waals surface area contributed by atoms with E-state index in [2.05, 4.69) is 12.2 Å². The topological polar surface area (TPSA) is 58.6 Å². The molecule has 0 spiro atoms. The number of ether oxygens (including phenoxy) is 1. The van der Waals surface area contributed by atoms with E-state index in [-0.39, 0.29) is 31.0 Å². The first kappa shape index (κ1) is 27.6. The molecule has 0 radical (unpaired) electrons. The monoisotopic (exact) mass is 526 g/mol. The zero-order valence-electron chi connectivity index (χ0n) is 20.8. The molecule has 0 unspecified atom stereocenters. The molecule has 0 aliphatic rings. The van der Waals surface area contributed by atoms with Crippen LogP contribution in [0.5, 0.6) is 5.75 Å². The molecule has 2 amide bonds. The van der Waals surface area contributed by atoms with Crippen molar-refractivity contribution in [1.82, 2.24) is 10.2 Å². The van der Waals surface area contributed by atoms with E-state index in [1.54, 1.807) is 18.2 Å². The van der Waals surface area contributed by atoms with Gasteiger partial charge < -0.3 is 15.0 Å². The standard InChI is InChI=1S/C29H32Cl2N2O3/c1-4-21-13-15-23(16-14-21)36-19-28(34)33(18-24-25(30)11-8-12-26(24)31)27(29(35)32-20(2)3)17-22-9-6-5-7-10-22/h5-16,20,27H,4,17-19H2,1-3H3,(H,32,35)/t27-/m0/s1. The van der Waals surface area contributed by atoms with Crippen molar-refractivity contribution in [3.63, 3.8) is 0 Å². The van der Waals surface area contributed by atoms with Crippen LogP contribution in [0.2, 0.25) is 10.0 Å². The number of aryl methyl sites for hydroxylation is 1. The van der Waals surface area contributed by atoms with Crippen LogP contribution < -0.4 is 10.1 Å². The van der Waals surface area contributed by atoms with Gasteiger partial charge in [0, 0.05) is 34.6 Å². The Kier molecular flexibility index (Phi) is 10.2. The summed E-state index contributed by atoms with van der Waals surface area (Å²) in [6.45, 7) is 5.69. The van der Waals surface area contributed by atoms with Gasteiger partial charge in [0.1, 0.15) is 11.8 Å². The molecule has 0 heterocycles. The number of rotatable bonds is 11. The van der Waals surface area contributed by atoms with Gasteiger partial charge in [-0.05, 0) is 55.7 Å². The third-order valence-electron chi connectivity index (χ3n) is 5.79. The van der Waals surface area contributed by atoms with Crippen LogP contribution in [0.15, 0.2) is 72.8 Å². The Balaban J connectivity index is 1.93. The summed E-state index contributed by atoms with van der Waals surface area (Å²) in [7, 11) is 0. The molecule has 0 aliphatic heterocycles. The normalized spacial score (nSPS) is 11.7. The molecule has 3 aromatic rings. The highest BCUT2D eigenvalue weighted by atomic mass is 35.5. The summed E-state index contributed by atoms with van der Waals surface area (Å²) in [5.41, 5.74) is 2.69. The number of hydrogen-bond donors (Lipinski definition) is 1. The number of nitrogens with zero attached hydrogens (tertiary/aromatic N) is 1. The van der Waals surface area contributed by atoms with E-state index in [4.69, 9.17) is 27.9 Å². The molecule has 1 atom stereocenters. The second kappa shape index (κ2) is 13.3. The number of carbonyl (C=O) groups excluding carboxylic acids is 2. The summed E-state index contributed by atoms with van der Waals surface area (Å²) in [4.78, 5) is 28.5. The number of nitrogens with one attached hydrogen (secondary N) is 1. The van der Waals surface area contributed by atoms with Crippen LogP contribution in [0.3, 0.4) is 0 Å². The van der Waals surface area contributed by atoms with Crippen molar-refractivity contribution in [3.8, 4) is 5.75 Å². The van der Waals surface area contributed by atoms with Crippen molar-refractivity contribution in [2.45, 2.75) is 52.2 Å². The molecule has 0 aromatic heterocycles. The summed E-state index contributed by atoms with van der Waals surface area (Å²) in [5, 5.41) is 3.82. The van der Waals surface area contributed by atoms with Crippen LogP contribution in [-0.4, -0.2) is 35.4 Å². The van der Waals surface area contributed by atoms with Gasteiger partial charge in [-0.2, -0.15) is 0 Å². The van der Waals surface area contributed by atoms with E-state index >= 15 is 0 Å². The lowest BCUT2D eigenvalue weighted by molar-refractivity contribution is -0.143. The molecule has 36 heavy (non-hydrogen) atoms. The minimum Gasteiger partial charge on any atom is -0.484 e. The molecule has 190 valence electrons. The van der Waals surface area contributed by atoms with Crippen molar-refractivity contribution in [1.29, 1.82) is 0 Å². The Morgan fingerprint density at radius 1 is 0.889 bits per heavy atom. The SMILES string of the molecule is CCc1ccc(OCC(=O)N(Cc2c(Cl)cccc2Cl)[C@@H](Cc2ccccc2)C(=O)NC(C)C)cc1. The van der Waals surface area contributed by atoms with Crippen molar-refractivity contribution in [3.05, 3.63) is 99.5 Å². The van der Waals surface area contributed by atoms with Gasteiger partial charge in [-0.1, -0.05) is 78.7 Å². The summed E-state index contributed by atoms with van der Waals surface area (Å²) in [6, 6.07) is 21.5. The molecule has 5 nitrogen and oxygen atoms in total. The molecule has 3 rings (SSSR count). The third kappa shape index (κ3) is 7.74. The van der Waals surface area contributed by atoms with Crippen LogP contribution in [0, 0.1) is 0 Å². The fraction of sp³-hybridized carbons (Fsp3) is 0.310. The van der Waals surface area contributed by atoms with Gasteiger partial charge in [0.05, 0.1) is 0 Å². The highest BCUT2D eigenvalue weighted by Gasteiger charge is 2.32. The van der Waals surface area contributed by atoms with Gasteiger partial charge in [0.25, 0.3) is 5.91 Å². The minimum atomic E-state index is -0.791. The fourth-order valence-electron chi connectivity index (χ4n) is 3.84. The maximum atomic E-state index is 13.6. The summed E-state index contributed by atoms with van der Waals surface area (Å²) in [5.74, 6) is -0.00872. The van der Waals surface area contributed by atoms with E-state index < -0.39 is 6.04 Å². The van der Waals surface area contributed by atoms with Gasteiger partial charge in [0.15, 0.2) is 6.61 Å². The first-order valence-corrected chi connectivity index (χ1v) is 12.8. The largest absolute Gasteiger partial charge is 0.484 e. The molecular formula is C29H32Cl2N2O3. The molecular weight excluding hydrogens is 495 g/mol. The first-order valence-electron chi connectivity index (χ1n) is 12.1. The quantitative estimate of drug-likeness (QED) is 0.328. The Morgan fingerprint density at radius 3 is 2.11 bits per heavy atom. The predicted octanol–water partition coefficient (Wildman–Crippen LogP) is 6.10. The predicted molar refractivity (Wildman–Crippen MR) is 146 cm³/mol. The average Bonchev–Trinajstić information content (AvgIpc) is 2.86. The maximum Gasteiger partial charge on any atom is 0.261 e. The molecule has 0 aliphatic carbocycles. The summed E-state index contributed by atoms with van der Waals surface area (Å²) >= 11 is 12.9. The number of amides is 2. The lowest BCUT2D eigenvalue weighted by Gasteiger charge is -2.32. The number of carbonyl (C=O) groups is 2. The molecule has 7 heteroatoms. The van der Waals surface area contributed by atoms with Crippen LogP contribution in [0.4, 0.5) is 0 Å². The molecule has 3 aromatic carbocycles. The molecule has 0 saturated carbocycles. The fourth-order valence-corrected chi connectivity index (χ4v) is 4.35. The van der Waals surface area contributed by atoms with E-state index in [1.165, 1.54) is 10.5 Å². The second-order valence-corrected chi connectivity index (χ2v) is 9.69. The van der Waals surface area contributed by atoms with E-state index in [0.29, 0.717) is 27.8 Å². The molecule has 0 bridgehead atoms. The van der Waals surface area contributed by atoms with Crippen LogP contribution in [0.1, 0.15) is 37.5 Å². The van der Waals surface area contributed by atoms with Crippen molar-refractivity contribution >= 4 is 35.0 Å². The maximum absolute atomic E-state index is 13.6. The van der Waals surface area contributed by atoms with E-state index in [9.17, 15) is 9.59 Å². The molecule has 0 fully saturated rings. The van der Waals surface area contributed by atoms with E-state index in [1.807, 2.05) is 68.4 Å². The lowest BCUT2D eigenvalue weighted by Crippen LogP contribution is -2.52. The number of halogens is 2. The Labute approximate surface area is 223 Å². The van der Waals surface area contributed by atoms with Crippen molar-refractivity contribution in [2.75, 3.05) is 6.61 Å². The first-order chi connectivity index (χ1) is 17.3. The molecule has 0 saturated heterocycles. The summed E-state index contributed by atoms with van der Waals surface area (Å²) in [6.07, 6.45) is 1.25. The van der Waals surface area contributed by atoms with Gasteiger partial charge in [-0.15, -0.1) is 0 Å². The third-order valence-corrected chi connectivity index (χ3v) is 6.49. The Hall–Kier alpha value is -3.02. The van der Waals surface area contributed by atoms with Crippen molar-refractivity contribution < 1.29 is 14.3 Å². The van der Waals surface area contributed by atoms with Gasteiger partial charge in [0.2, 0.25) is 5.91 Å². The number of hydrogen-bond acceptors (Lipinski definition) is 3. The lowest BCUT2D eigenvalue weighted by atomic mass is 10.0. The van der Waals surface area contributed by atoms with Gasteiger partial charge in [-0.25, -0.2) is 0 Å². The van der Waals surface area contributed by atoms with Crippen LogP contribution in [-0.2, 0) is 29.0 Å². The Morgan fingerprint density at radius 2 is 1.53 bits per heavy atom.